The van der Waals surface area contributed by atoms with E-state index < -0.39 is 5.60 Å². The van der Waals surface area contributed by atoms with Crippen LogP contribution in [-0.4, -0.2) is 18.8 Å². The minimum absolute atomic E-state index is 0.112. The van der Waals surface area contributed by atoms with Crippen LogP contribution in [0, 0.1) is 3.57 Å². The van der Waals surface area contributed by atoms with Crippen molar-refractivity contribution in [2.45, 2.75) is 45.3 Å². The summed E-state index contributed by atoms with van der Waals surface area (Å²) in [7, 11) is 1.65. The Hall–Kier alpha value is -1.28. The lowest BCUT2D eigenvalue weighted by Gasteiger charge is -2.39. The van der Waals surface area contributed by atoms with Gasteiger partial charge < -0.3 is 9.47 Å². The number of amides is 1. The molecule has 0 bridgehead atoms. The second-order valence-electron chi connectivity index (χ2n) is 7.58. The fourth-order valence-corrected chi connectivity index (χ4v) is 5.16. The highest BCUT2D eigenvalue weighted by molar-refractivity contribution is 14.1. The van der Waals surface area contributed by atoms with Gasteiger partial charge in [-0.25, -0.2) is 4.79 Å². The predicted molar refractivity (Wildman–Crippen MR) is 120 cm³/mol. The van der Waals surface area contributed by atoms with Gasteiger partial charge in [0.2, 0.25) is 0 Å². The van der Waals surface area contributed by atoms with Crippen LogP contribution in [0.3, 0.4) is 0 Å². The third kappa shape index (κ3) is 4.59. The van der Waals surface area contributed by atoms with Crippen LogP contribution >= 0.6 is 38.5 Å². The zero-order chi connectivity index (χ0) is 19.8. The molecule has 1 atom stereocenters. The van der Waals surface area contributed by atoms with Crippen molar-refractivity contribution in [3.05, 3.63) is 55.6 Å². The SMILES string of the molecule is COc1cccc(C2CCc3cc(I)cc(Br)c3N2C(=O)OC(C)(C)C)c1. The Morgan fingerprint density at radius 1 is 1.26 bits per heavy atom. The molecule has 0 aliphatic carbocycles. The minimum Gasteiger partial charge on any atom is -0.497 e. The normalized spacial score (nSPS) is 16.7. The van der Waals surface area contributed by atoms with E-state index in [0.717, 1.165) is 43.4 Å². The fraction of sp³-hybridized carbons (Fsp3) is 0.381. The number of benzene rings is 2. The van der Waals surface area contributed by atoms with Gasteiger partial charge in [0.1, 0.15) is 11.4 Å². The van der Waals surface area contributed by atoms with Crippen molar-refractivity contribution in [3.8, 4) is 5.75 Å². The maximum absolute atomic E-state index is 13.2. The Labute approximate surface area is 182 Å². The molecule has 0 N–H and O–H groups in total. The number of halogens is 2. The molecular weight excluding hydrogens is 521 g/mol. The van der Waals surface area contributed by atoms with Gasteiger partial charge in [0.25, 0.3) is 0 Å². The topological polar surface area (TPSA) is 38.8 Å². The van der Waals surface area contributed by atoms with E-state index in [9.17, 15) is 4.79 Å². The molecule has 0 radical (unpaired) electrons. The highest BCUT2D eigenvalue weighted by Crippen LogP contribution is 2.44. The van der Waals surface area contributed by atoms with Gasteiger partial charge in [-0.05, 0) is 108 Å². The van der Waals surface area contributed by atoms with Crippen molar-refractivity contribution >= 4 is 50.3 Å². The Kier molecular flexibility index (Phi) is 6.05. The van der Waals surface area contributed by atoms with E-state index in [1.54, 1.807) is 12.0 Å². The van der Waals surface area contributed by atoms with Crippen LogP contribution in [0.2, 0.25) is 0 Å². The first-order valence-corrected chi connectivity index (χ1v) is 10.7. The Balaban J connectivity index is 2.11. The van der Waals surface area contributed by atoms with E-state index in [0.29, 0.717) is 0 Å². The summed E-state index contributed by atoms with van der Waals surface area (Å²) in [5, 5.41) is 0. The molecule has 1 amide bonds. The second-order valence-corrected chi connectivity index (χ2v) is 9.68. The van der Waals surface area contributed by atoms with E-state index in [-0.39, 0.29) is 12.1 Å². The molecule has 0 spiro atoms. The first-order valence-electron chi connectivity index (χ1n) is 8.83. The van der Waals surface area contributed by atoms with Crippen molar-refractivity contribution in [2.75, 3.05) is 12.0 Å². The number of fused-ring (bicyclic) bond motifs is 1. The molecule has 1 unspecified atom stereocenters. The minimum atomic E-state index is -0.566. The number of anilines is 1. The number of ether oxygens (including phenoxy) is 2. The van der Waals surface area contributed by atoms with Gasteiger partial charge in [-0.3, -0.25) is 4.90 Å². The number of hydrogen-bond donors (Lipinski definition) is 0. The molecule has 3 rings (SSSR count). The maximum atomic E-state index is 13.2. The van der Waals surface area contributed by atoms with Gasteiger partial charge in [0, 0.05) is 8.04 Å². The summed E-state index contributed by atoms with van der Waals surface area (Å²) in [6, 6.07) is 12.0. The molecule has 6 heteroatoms. The largest absolute Gasteiger partial charge is 0.497 e. The molecule has 1 aliphatic rings. The molecule has 0 fully saturated rings. The zero-order valence-electron chi connectivity index (χ0n) is 15.9. The van der Waals surface area contributed by atoms with Crippen molar-refractivity contribution in [1.29, 1.82) is 0 Å². The van der Waals surface area contributed by atoms with Crippen molar-refractivity contribution < 1.29 is 14.3 Å². The van der Waals surface area contributed by atoms with E-state index in [1.807, 2.05) is 51.1 Å². The van der Waals surface area contributed by atoms with E-state index in [4.69, 9.17) is 9.47 Å². The van der Waals surface area contributed by atoms with Gasteiger partial charge in [0.15, 0.2) is 0 Å². The van der Waals surface area contributed by atoms with Crippen molar-refractivity contribution in [1.82, 2.24) is 0 Å². The average molecular weight is 544 g/mol. The summed E-state index contributed by atoms with van der Waals surface area (Å²) < 4.78 is 13.2. The smallest absolute Gasteiger partial charge is 0.415 e. The van der Waals surface area contributed by atoms with E-state index in [1.165, 1.54) is 0 Å². The molecule has 2 aromatic carbocycles. The molecular formula is C21H23BrINO3. The molecule has 0 saturated heterocycles. The molecule has 2 aromatic rings. The predicted octanol–water partition coefficient (Wildman–Crippen LogP) is 6.49. The molecule has 144 valence electrons. The molecule has 1 aliphatic heterocycles. The highest BCUT2D eigenvalue weighted by atomic mass is 127. The van der Waals surface area contributed by atoms with Crippen LogP contribution in [0.1, 0.15) is 44.4 Å². The summed E-state index contributed by atoms with van der Waals surface area (Å²) >= 11 is 5.97. The van der Waals surface area contributed by atoms with Crippen LogP contribution < -0.4 is 9.64 Å². The number of rotatable bonds is 2. The first kappa shape index (κ1) is 20.5. The third-order valence-corrected chi connectivity index (χ3v) is 5.64. The maximum Gasteiger partial charge on any atom is 0.415 e. The summed E-state index contributed by atoms with van der Waals surface area (Å²) in [6.07, 6.45) is 1.39. The quantitative estimate of drug-likeness (QED) is 0.406. The standard InChI is InChI=1S/C21H23BrINO3/c1-21(2,3)27-20(25)24-18(13-6-5-7-16(11-13)26-4)9-8-14-10-15(23)12-17(22)19(14)24/h5-7,10-12,18H,8-9H2,1-4H3. The van der Waals surface area contributed by atoms with Crippen LogP contribution in [0.15, 0.2) is 40.9 Å². The number of hydrogen-bond acceptors (Lipinski definition) is 3. The first-order chi connectivity index (χ1) is 12.7. The molecule has 27 heavy (non-hydrogen) atoms. The summed E-state index contributed by atoms with van der Waals surface area (Å²) in [6.45, 7) is 5.66. The van der Waals surface area contributed by atoms with Gasteiger partial charge in [-0.1, -0.05) is 12.1 Å². The summed E-state index contributed by atoms with van der Waals surface area (Å²) in [4.78, 5) is 15.0. The van der Waals surface area contributed by atoms with E-state index >= 15 is 0 Å². The molecule has 0 aromatic heterocycles. The Morgan fingerprint density at radius 2 is 2.00 bits per heavy atom. The van der Waals surface area contributed by atoms with Crippen LogP contribution in [0.25, 0.3) is 0 Å². The lowest BCUT2D eigenvalue weighted by atomic mass is 9.91. The van der Waals surface area contributed by atoms with Gasteiger partial charge in [-0.2, -0.15) is 0 Å². The molecule has 0 saturated carbocycles. The van der Waals surface area contributed by atoms with Crippen LogP contribution in [-0.2, 0) is 11.2 Å². The Bertz CT molecular complexity index is 863. The number of carbonyl (C=O) groups excluding carboxylic acids is 1. The fourth-order valence-electron chi connectivity index (χ4n) is 3.35. The summed E-state index contributed by atoms with van der Waals surface area (Å²) in [5.74, 6) is 0.782. The van der Waals surface area contributed by atoms with Crippen LogP contribution in [0.5, 0.6) is 5.75 Å². The van der Waals surface area contributed by atoms with Crippen LogP contribution in [0.4, 0.5) is 10.5 Å². The lowest BCUT2D eigenvalue weighted by molar-refractivity contribution is 0.0559. The second kappa shape index (κ2) is 7.99. The number of aryl methyl sites for hydroxylation is 1. The van der Waals surface area contributed by atoms with Crippen molar-refractivity contribution in [2.24, 2.45) is 0 Å². The third-order valence-electron chi connectivity index (χ3n) is 4.42. The number of methoxy groups -OCH3 is 1. The average Bonchev–Trinajstić information content (AvgIpc) is 2.59. The number of nitrogens with zero attached hydrogens (tertiary/aromatic N) is 1. The monoisotopic (exact) mass is 543 g/mol. The highest BCUT2D eigenvalue weighted by Gasteiger charge is 2.36. The number of carbonyl (C=O) groups is 1. The van der Waals surface area contributed by atoms with Gasteiger partial charge in [-0.15, -0.1) is 0 Å². The van der Waals surface area contributed by atoms with E-state index in [2.05, 4.69) is 44.6 Å². The Morgan fingerprint density at radius 3 is 2.67 bits per heavy atom. The zero-order valence-corrected chi connectivity index (χ0v) is 19.6. The molecule has 4 nitrogen and oxygen atoms in total. The van der Waals surface area contributed by atoms with Gasteiger partial charge >= 0.3 is 6.09 Å². The molecule has 1 heterocycles. The summed E-state index contributed by atoms with van der Waals surface area (Å²) in [5.41, 5.74) is 2.52. The van der Waals surface area contributed by atoms with Crippen molar-refractivity contribution in [3.63, 3.8) is 0 Å². The lowest BCUT2D eigenvalue weighted by Crippen LogP contribution is -2.42. The van der Waals surface area contributed by atoms with Gasteiger partial charge in [0.05, 0.1) is 18.8 Å².